The monoisotopic (exact) mass is 295 g/mol. The molecule has 1 aliphatic rings. The van der Waals surface area contributed by atoms with Crippen molar-refractivity contribution in [3.05, 3.63) is 35.1 Å². The van der Waals surface area contributed by atoms with Gasteiger partial charge in [0.15, 0.2) is 0 Å². The Morgan fingerprint density at radius 3 is 3.00 bits per heavy atom. The lowest BCUT2D eigenvalue weighted by Gasteiger charge is -2.24. The highest BCUT2D eigenvalue weighted by Gasteiger charge is 2.30. The Bertz CT molecular complexity index is 535. The maximum absolute atomic E-state index is 13.3. The van der Waals surface area contributed by atoms with Crippen LogP contribution in [0.1, 0.15) is 24.0 Å². The van der Waals surface area contributed by atoms with Gasteiger partial charge in [-0.1, -0.05) is 18.3 Å². The molecule has 4 nitrogen and oxygen atoms in total. The van der Waals surface area contributed by atoms with Gasteiger partial charge >= 0.3 is 0 Å². The number of benzene rings is 1. The molecule has 0 saturated carbocycles. The molecule has 6 heteroatoms. The summed E-state index contributed by atoms with van der Waals surface area (Å²) >= 11 is 4.97. The Labute approximate surface area is 123 Å². The first kappa shape index (κ1) is 14.9. The largest absolute Gasteiger partial charge is 0.389 e. The zero-order valence-electron chi connectivity index (χ0n) is 11.4. The molecule has 1 atom stereocenters. The molecule has 1 aromatic rings. The minimum absolute atomic E-state index is 0.0153. The predicted molar refractivity (Wildman–Crippen MR) is 79.8 cm³/mol. The second-order valence-corrected chi connectivity index (χ2v) is 5.35. The van der Waals surface area contributed by atoms with Gasteiger partial charge in [-0.25, -0.2) is 4.39 Å². The SMILES string of the molecule is CNC(=O)C1CCCN1Cc1ccc(F)cc1C(N)=S. The summed E-state index contributed by atoms with van der Waals surface area (Å²) in [5, 5.41) is 2.68. The topological polar surface area (TPSA) is 58.4 Å². The van der Waals surface area contributed by atoms with Crippen LogP contribution >= 0.6 is 12.2 Å². The lowest BCUT2D eigenvalue weighted by molar-refractivity contribution is -0.125. The van der Waals surface area contributed by atoms with Gasteiger partial charge in [0.1, 0.15) is 10.8 Å². The summed E-state index contributed by atoms with van der Waals surface area (Å²) in [7, 11) is 1.64. The average Bonchev–Trinajstić information content (AvgIpc) is 2.87. The molecule has 0 bridgehead atoms. The van der Waals surface area contributed by atoms with E-state index >= 15 is 0 Å². The van der Waals surface area contributed by atoms with Crippen LogP contribution in [0.3, 0.4) is 0 Å². The van der Waals surface area contributed by atoms with Crippen molar-refractivity contribution in [3.63, 3.8) is 0 Å². The molecule has 1 unspecified atom stereocenters. The third-order valence-electron chi connectivity index (χ3n) is 3.62. The molecule has 0 spiro atoms. The molecule has 1 aliphatic heterocycles. The number of thiocarbonyl (C=S) groups is 1. The lowest BCUT2D eigenvalue weighted by Crippen LogP contribution is -2.41. The van der Waals surface area contributed by atoms with E-state index in [1.807, 2.05) is 0 Å². The molecule has 0 aromatic heterocycles. The molecule has 1 saturated heterocycles. The van der Waals surface area contributed by atoms with E-state index in [2.05, 4.69) is 10.2 Å². The summed E-state index contributed by atoms with van der Waals surface area (Å²) in [6, 6.07) is 4.29. The van der Waals surface area contributed by atoms with Gasteiger partial charge in [-0.2, -0.15) is 0 Å². The highest BCUT2D eigenvalue weighted by Crippen LogP contribution is 2.22. The van der Waals surface area contributed by atoms with Gasteiger partial charge in [-0.15, -0.1) is 0 Å². The molecule has 3 N–H and O–H groups in total. The van der Waals surface area contributed by atoms with E-state index in [-0.39, 0.29) is 22.8 Å². The number of nitrogens with zero attached hydrogens (tertiary/aromatic N) is 1. The van der Waals surface area contributed by atoms with Crippen molar-refractivity contribution in [1.82, 2.24) is 10.2 Å². The zero-order chi connectivity index (χ0) is 14.7. The highest BCUT2D eigenvalue weighted by atomic mass is 32.1. The van der Waals surface area contributed by atoms with Gasteiger partial charge in [-0.3, -0.25) is 9.69 Å². The van der Waals surface area contributed by atoms with Crippen molar-refractivity contribution >= 4 is 23.1 Å². The fourth-order valence-corrected chi connectivity index (χ4v) is 2.80. The summed E-state index contributed by atoms with van der Waals surface area (Å²) in [6.45, 7) is 1.39. The predicted octanol–water partition coefficient (Wildman–Crippen LogP) is 1.17. The number of likely N-dealkylation sites (tertiary alicyclic amines) is 1. The van der Waals surface area contributed by atoms with Crippen LogP contribution in [-0.2, 0) is 11.3 Å². The number of likely N-dealkylation sites (N-methyl/N-ethyl adjacent to an activating group) is 1. The van der Waals surface area contributed by atoms with Crippen LogP contribution in [0, 0.1) is 5.82 Å². The van der Waals surface area contributed by atoms with Crippen LogP contribution in [0.5, 0.6) is 0 Å². The van der Waals surface area contributed by atoms with Crippen LogP contribution in [0.4, 0.5) is 4.39 Å². The Hall–Kier alpha value is -1.53. The number of amides is 1. The van der Waals surface area contributed by atoms with E-state index in [0.29, 0.717) is 12.1 Å². The molecular weight excluding hydrogens is 277 g/mol. The van der Waals surface area contributed by atoms with Crippen molar-refractivity contribution in [2.24, 2.45) is 5.73 Å². The van der Waals surface area contributed by atoms with Gasteiger partial charge < -0.3 is 11.1 Å². The summed E-state index contributed by atoms with van der Waals surface area (Å²) < 4.78 is 13.3. The van der Waals surface area contributed by atoms with Crippen molar-refractivity contribution < 1.29 is 9.18 Å². The number of nitrogens with two attached hydrogens (primary N) is 1. The van der Waals surface area contributed by atoms with E-state index in [9.17, 15) is 9.18 Å². The lowest BCUT2D eigenvalue weighted by atomic mass is 10.1. The third kappa shape index (κ3) is 3.13. The van der Waals surface area contributed by atoms with Crippen LogP contribution < -0.4 is 11.1 Å². The van der Waals surface area contributed by atoms with Gasteiger partial charge in [0.25, 0.3) is 0 Å². The summed E-state index contributed by atoms with van der Waals surface area (Å²) in [6.07, 6.45) is 1.81. The average molecular weight is 295 g/mol. The fourth-order valence-electron chi connectivity index (χ4n) is 2.61. The first-order chi connectivity index (χ1) is 9.52. The van der Waals surface area contributed by atoms with E-state index < -0.39 is 0 Å². The molecule has 1 heterocycles. The first-order valence-electron chi connectivity index (χ1n) is 6.57. The molecule has 1 amide bonds. The zero-order valence-corrected chi connectivity index (χ0v) is 12.2. The van der Waals surface area contributed by atoms with E-state index in [1.165, 1.54) is 12.1 Å². The van der Waals surface area contributed by atoms with E-state index in [0.717, 1.165) is 24.9 Å². The second-order valence-electron chi connectivity index (χ2n) is 4.91. The minimum Gasteiger partial charge on any atom is -0.389 e. The Balaban J connectivity index is 2.21. The molecule has 1 aromatic carbocycles. The van der Waals surface area contributed by atoms with Crippen molar-refractivity contribution in [2.75, 3.05) is 13.6 Å². The molecule has 0 aliphatic carbocycles. The quantitative estimate of drug-likeness (QED) is 0.819. The summed E-state index contributed by atoms with van der Waals surface area (Å²) in [5.41, 5.74) is 7.05. The van der Waals surface area contributed by atoms with E-state index in [1.54, 1.807) is 13.1 Å². The van der Waals surface area contributed by atoms with Gasteiger partial charge in [0, 0.05) is 19.2 Å². The minimum atomic E-state index is -0.360. The molecule has 1 fully saturated rings. The van der Waals surface area contributed by atoms with Crippen molar-refractivity contribution in [2.45, 2.75) is 25.4 Å². The number of hydrogen-bond donors (Lipinski definition) is 2. The van der Waals surface area contributed by atoms with Crippen molar-refractivity contribution in [3.8, 4) is 0 Å². The number of hydrogen-bond acceptors (Lipinski definition) is 3. The Morgan fingerprint density at radius 1 is 1.60 bits per heavy atom. The smallest absolute Gasteiger partial charge is 0.237 e. The maximum Gasteiger partial charge on any atom is 0.237 e. The van der Waals surface area contributed by atoms with Crippen molar-refractivity contribution in [1.29, 1.82) is 0 Å². The number of carbonyl (C=O) groups is 1. The first-order valence-corrected chi connectivity index (χ1v) is 6.97. The molecular formula is C14H18FN3OS. The number of carbonyl (C=O) groups excluding carboxylic acids is 1. The standard InChI is InChI=1S/C14H18FN3OS/c1-17-14(19)12-3-2-6-18(12)8-9-4-5-10(15)7-11(9)13(16)20/h4-5,7,12H,2-3,6,8H2,1H3,(H2,16,20)(H,17,19). The Morgan fingerprint density at radius 2 is 2.35 bits per heavy atom. The number of nitrogens with one attached hydrogen (secondary N) is 1. The number of rotatable bonds is 4. The molecule has 20 heavy (non-hydrogen) atoms. The highest BCUT2D eigenvalue weighted by molar-refractivity contribution is 7.80. The normalized spacial score (nSPS) is 19.0. The number of halogens is 1. The maximum atomic E-state index is 13.3. The van der Waals surface area contributed by atoms with Gasteiger partial charge in [0.2, 0.25) is 5.91 Å². The van der Waals surface area contributed by atoms with Crippen LogP contribution in [0.15, 0.2) is 18.2 Å². The Kier molecular flexibility index (Phi) is 4.67. The molecule has 2 rings (SSSR count). The van der Waals surface area contributed by atoms with Gasteiger partial charge in [0.05, 0.1) is 6.04 Å². The summed E-state index contributed by atoms with van der Waals surface area (Å²) in [4.78, 5) is 14.1. The molecule has 108 valence electrons. The van der Waals surface area contributed by atoms with Crippen LogP contribution in [-0.4, -0.2) is 35.4 Å². The third-order valence-corrected chi connectivity index (χ3v) is 3.84. The molecule has 0 radical (unpaired) electrons. The van der Waals surface area contributed by atoms with Crippen LogP contribution in [0.25, 0.3) is 0 Å². The van der Waals surface area contributed by atoms with Gasteiger partial charge in [-0.05, 0) is 37.1 Å². The second kappa shape index (κ2) is 6.28. The van der Waals surface area contributed by atoms with E-state index in [4.69, 9.17) is 18.0 Å². The van der Waals surface area contributed by atoms with Crippen LogP contribution in [0.2, 0.25) is 0 Å². The summed E-state index contributed by atoms with van der Waals surface area (Å²) in [5.74, 6) is -0.345. The fraction of sp³-hybridized carbons (Fsp3) is 0.429.